The molecule has 0 amide bonds. The molecule has 0 bridgehead atoms. The largest absolute Gasteiger partial charge is 0.492 e. The topological polar surface area (TPSA) is 31.2 Å². The normalized spacial score (nSPS) is 11.4. The molecule has 2 heterocycles. The Morgan fingerprint density at radius 2 is 2.05 bits per heavy atom. The molecule has 1 aromatic carbocycles. The van der Waals surface area contributed by atoms with Gasteiger partial charge in [0.05, 0.1) is 16.8 Å². The van der Waals surface area contributed by atoms with Crippen molar-refractivity contribution in [2.45, 2.75) is 26.7 Å². The van der Waals surface area contributed by atoms with Crippen LogP contribution in [0.15, 0.2) is 29.1 Å². The van der Waals surface area contributed by atoms with Gasteiger partial charge in [-0.1, -0.05) is 31.5 Å². The molecule has 0 saturated heterocycles. The number of aromatic nitrogens is 1. The number of nitrogens with zero attached hydrogens (tertiary/aromatic N) is 1. The van der Waals surface area contributed by atoms with Gasteiger partial charge >= 0.3 is 0 Å². The van der Waals surface area contributed by atoms with E-state index in [9.17, 15) is 4.79 Å². The third-order valence-electron chi connectivity index (χ3n) is 3.80. The first-order chi connectivity index (χ1) is 10.1. The molecule has 0 spiro atoms. The number of para-hydroxylation sites is 1. The lowest BCUT2D eigenvalue weighted by Crippen LogP contribution is -2.17. The van der Waals surface area contributed by atoms with Gasteiger partial charge in [0.2, 0.25) is 0 Å². The standard InChI is InChI=1S/C17H19NO2S/c1-4-5-10-20-15-11(2)21-16-12-8-6-7-9-13(12)18(3)17(19)14(15)16/h6-9H,4-5,10H2,1-3H3. The summed E-state index contributed by atoms with van der Waals surface area (Å²) in [7, 11) is 1.83. The first-order valence-electron chi connectivity index (χ1n) is 7.28. The SMILES string of the molecule is CCCCOc1c(C)sc2c1c(=O)n(C)c1ccccc21. The maximum absolute atomic E-state index is 12.7. The van der Waals surface area contributed by atoms with Crippen LogP contribution in [0.3, 0.4) is 0 Å². The quantitative estimate of drug-likeness (QED) is 0.675. The number of hydrogen-bond donors (Lipinski definition) is 0. The minimum atomic E-state index is 0.0274. The van der Waals surface area contributed by atoms with E-state index in [2.05, 4.69) is 13.0 Å². The number of thiophene rings is 1. The van der Waals surface area contributed by atoms with Gasteiger partial charge in [0.25, 0.3) is 5.56 Å². The second kappa shape index (κ2) is 5.53. The van der Waals surface area contributed by atoms with Crippen LogP contribution in [0, 0.1) is 6.92 Å². The van der Waals surface area contributed by atoms with E-state index in [0.717, 1.165) is 44.5 Å². The van der Waals surface area contributed by atoms with Crippen LogP contribution in [0.25, 0.3) is 21.0 Å². The van der Waals surface area contributed by atoms with E-state index in [4.69, 9.17) is 4.74 Å². The summed E-state index contributed by atoms with van der Waals surface area (Å²) in [6.07, 6.45) is 2.09. The summed E-state index contributed by atoms with van der Waals surface area (Å²) in [5.74, 6) is 0.773. The summed E-state index contributed by atoms with van der Waals surface area (Å²) in [6.45, 7) is 4.83. The van der Waals surface area contributed by atoms with Crippen molar-refractivity contribution in [3.8, 4) is 5.75 Å². The molecule has 4 heteroatoms. The van der Waals surface area contributed by atoms with Crippen LogP contribution in [0.4, 0.5) is 0 Å². The molecule has 0 aliphatic carbocycles. The van der Waals surface area contributed by atoms with Gasteiger partial charge in [0.15, 0.2) is 0 Å². The third kappa shape index (κ3) is 2.23. The highest BCUT2D eigenvalue weighted by molar-refractivity contribution is 7.20. The van der Waals surface area contributed by atoms with Gasteiger partial charge in [-0.3, -0.25) is 4.79 Å². The smallest absolute Gasteiger partial charge is 0.263 e. The predicted octanol–water partition coefficient (Wildman–Crippen LogP) is 4.24. The molecule has 0 fully saturated rings. The van der Waals surface area contributed by atoms with Gasteiger partial charge in [-0.15, -0.1) is 11.3 Å². The van der Waals surface area contributed by atoms with E-state index in [1.165, 1.54) is 0 Å². The maximum atomic E-state index is 12.7. The van der Waals surface area contributed by atoms with E-state index in [0.29, 0.717) is 6.61 Å². The van der Waals surface area contributed by atoms with Gasteiger partial charge in [0.1, 0.15) is 11.1 Å². The summed E-state index contributed by atoms with van der Waals surface area (Å²) in [5, 5.41) is 1.85. The Kier molecular flexibility index (Phi) is 3.72. The van der Waals surface area contributed by atoms with Crippen molar-refractivity contribution in [1.82, 2.24) is 4.57 Å². The molecule has 2 aromatic heterocycles. The van der Waals surface area contributed by atoms with Gasteiger partial charge in [-0.2, -0.15) is 0 Å². The second-order valence-corrected chi connectivity index (χ2v) is 6.50. The first-order valence-corrected chi connectivity index (χ1v) is 8.10. The number of unbranched alkanes of at least 4 members (excludes halogenated alkanes) is 1. The van der Waals surface area contributed by atoms with Crippen molar-refractivity contribution in [2.75, 3.05) is 6.61 Å². The molecular formula is C17H19NO2S. The second-order valence-electron chi connectivity index (χ2n) is 5.27. The molecular weight excluding hydrogens is 282 g/mol. The lowest BCUT2D eigenvalue weighted by atomic mass is 10.1. The lowest BCUT2D eigenvalue weighted by Gasteiger charge is -2.08. The Morgan fingerprint density at radius 3 is 2.81 bits per heavy atom. The van der Waals surface area contributed by atoms with Gasteiger partial charge < -0.3 is 9.30 Å². The van der Waals surface area contributed by atoms with Crippen LogP contribution >= 0.6 is 11.3 Å². The lowest BCUT2D eigenvalue weighted by molar-refractivity contribution is 0.312. The number of pyridine rings is 1. The highest BCUT2D eigenvalue weighted by Crippen LogP contribution is 2.38. The Hall–Kier alpha value is -1.81. The number of aryl methyl sites for hydroxylation is 2. The van der Waals surface area contributed by atoms with Crippen molar-refractivity contribution in [3.63, 3.8) is 0 Å². The summed E-state index contributed by atoms with van der Waals surface area (Å²) in [5.41, 5.74) is 0.996. The molecule has 0 aliphatic rings. The Balaban J connectivity index is 2.31. The molecule has 0 aliphatic heterocycles. The molecule has 0 atom stereocenters. The van der Waals surface area contributed by atoms with Crippen LogP contribution in [0.1, 0.15) is 24.6 Å². The molecule has 0 radical (unpaired) electrons. The molecule has 110 valence electrons. The first kappa shape index (κ1) is 14.1. The predicted molar refractivity (Wildman–Crippen MR) is 89.7 cm³/mol. The van der Waals surface area contributed by atoms with E-state index in [1.807, 2.05) is 32.2 Å². The van der Waals surface area contributed by atoms with Crippen molar-refractivity contribution in [2.24, 2.45) is 7.05 Å². The summed E-state index contributed by atoms with van der Waals surface area (Å²) < 4.78 is 8.67. The summed E-state index contributed by atoms with van der Waals surface area (Å²) >= 11 is 1.65. The average Bonchev–Trinajstić information content (AvgIpc) is 2.82. The molecule has 3 rings (SSSR count). The van der Waals surface area contributed by atoms with Crippen molar-refractivity contribution in [1.29, 1.82) is 0 Å². The molecule has 0 saturated carbocycles. The fourth-order valence-electron chi connectivity index (χ4n) is 2.64. The number of rotatable bonds is 4. The fraction of sp³-hybridized carbons (Fsp3) is 0.353. The molecule has 21 heavy (non-hydrogen) atoms. The fourth-order valence-corrected chi connectivity index (χ4v) is 3.77. The number of hydrogen-bond acceptors (Lipinski definition) is 3. The number of fused-ring (bicyclic) bond motifs is 3. The minimum absolute atomic E-state index is 0.0274. The van der Waals surface area contributed by atoms with Crippen molar-refractivity contribution >= 4 is 32.3 Å². The van der Waals surface area contributed by atoms with Crippen LogP contribution in [0.5, 0.6) is 5.75 Å². The van der Waals surface area contributed by atoms with Gasteiger partial charge in [-0.05, 0) is 19.4 Å². The van der Waals surface area contributed by atoms with E-state index >= 15 is 0 Å². The van der Waals surface area contributed by atoms with E-state index < -0.39 is 0 Å². The molecule has 0 unspecified atom stereocenters. The summed E-state index contributed by atoms with van der Waals surface area (Å²) in [6, 6.07) is 8.04. The number of ether oxygens (including phenoxy) is 1. The molecule has 3 aromatic rings. The summed E-state index contributed by atoms with van der Waals surface area (Å²) in [4.78, 5) is 13.8. The third-order valence-corrected chi connectivity index (χ3v) is 4.92. The Morgan fingerprint density at radius 1 is 1.29 bits per heavy atom. The monoisotopic (exact) mass is 301 g/mol. The van der Waals surface area contributed by atoms with Crippen LogP contribution in [0.2, 0.25) is 0 Å². The van der Waals surface area contributed by atoms with E-state index in [-0.39, 0.29) is 5.56 Å². The maximum Gasteiger partial charge on any atom is 0.263 e. The highest BCUT2D eigenvalue weighted by atomic mass is 32.1. The highest BCUT2D eigenvalue weighted by Gasteiger charge is 2.18. The van der Waals surface area contributed by atoms with Crippen molar-refractivity contribution in [3.05, 3.63) is 39.5 Å². The molecule has 3 nitrogen and oxygen atoms in total. The Labute approximate surface area is 127 Å². The van der Waals surface area contributed by atoms with Crippen LogP contribution in [-0.2, 0) is 7.05 Å². The zero-order chi connectivity index (χ0) is 15.0. The van der Waals surface area contributed by atoms with Crippen molar-refractivity contribution < 1.29 is 4.74 Å². The molecule has 0 N–H and O–H groups in total. The zero-order valence-electron chi connectivity index (χ0n) is 12.6. The Bertz CT molecular complexity index is 860. The van der Waals surface area contributed by atoms with E-state index in [1.54, 1.807) is 15.9 Å². The van der Waals surface area contributed by atoms with Gasteiger partial charge in [-0.25, -0.2) is 0 Å². The minimum Gasteiger partial charge on any atom is -0.492 e. The van der Waals surface area contributed by atoms with Crippen LogP contribution in [-0.4, -0.2) is 11.2 Å². The average molecular weight is 301 g/mol. The van der Waals surface area contributed by atoms with Gasteiger partial charge in [0, 0.05) is 17.3 Å². The number of benzene rings is 1. The van der Waals surface area contributed by atoms with Crippen LogP contribution < -0.4 is 10.3 Å². The zero-order valence-corrected chi connectivity index (χ0v) is 13.4.